The van der Waals surface area contributed by atoms with Crippen molar-refractivity contribution in [2.45, 2.75) is 39.6 Å². The first-order valence-corrected chi connectivity index (χ1v) is 6.86. The molecule has 0 spiro atoms. The van der Waals surface area contributed by atoms with Crippen molar-refractivity contribution in [2.24, 2.45) is 11.7 Å². The van der Waals surface area contributed by atoms with Crippen molar-refractivity contribution in [3.05, 3.63) is 29.3 Å². The Bertz CT molecular complexity index is 571. The van der Waals surface area contributed by atoms with Crippen molar-refractivity contribution in [1.29, 1.82) is 0 Å². The van der Waals surface area contributed by atoms with Gasteiger partial charge >= 0.3 is 0 Å². The number of benzene rings is 1. The van der Waals surface area contributed by atoms with E-state index in [1.165, 1.54) is 13.0 Å². The molecule has 0 aromatic heterocycles. The number of rotatable bonds is 2. The molecule has 0 bridgehead atoms. The fourth-order valence-corrected chi connectivity index (χ4v) is 2.60. The number of hydrogen-bond acceptors (Lipinski definition) is 4. The van der Waals surface area contributed by atoms with Crippen LogP contribution in [0.1, 0.15) is 36.7 Å². The summed E-state index contributed by atoms with van der Waals surface area (Å²) in [5.74, 6) is -0.297. The molecular formula is C15H20N2O4. The summed E-state index contributed by atoms with van der Waals surface area (Å²) < 4.78 is 5.56. The molecule has 0 unspecified atom stereocenters. The Labute approximate surface area is 123 Å². The second kappa shape index (κ2) is 5.73. The highest BCUT2D eigenvalue weighted by atomic mass is 16.6. The molecule has 21 heavy (non-hydrogen) atoms. The molecule has 0 fully saturated rings. The monoisotopic (exact) mass is 292 g/mol. The number of fused-ring (bicyclic) bond motifs is 1. The van der Waals surface area contributed by atoms with Crippen LogP contribution in [0, 0.1) is 5.92 Å². The summed E-state index contributed by atoms with van der Waals surface area (Å²) in [5, 5.41) is 10.3. The van der Waals surface area contributed by atoms with Crippen LogP contribution in [0.3, 0.4) is 0 Å². The lowest BCUT2D eigenvalue weighted by molar-refractivity contribution is -0.144. The standard InChI is InChI=1S/C15H20N2O4/c1-8(2)13-15(20)21-12-6-10(14(16)19)4-5-11(12)7-17(13)9(3)18/h4-6,8,13,15,20H,7H2,1-3H3,(H2,16,19)/t13-,15-/m1/s1. The summed E-state index contributed by atoms with van der Waals surface area (Å²) >= 11 is 0. The van der Waals surface area contributed by atoms with Crippen LogP contribution < -0.4 is 10.5 Å². The van der Waals surface area contributed by atoms with Crippen molar-refractivity contribution in [3.8, 4) is 5.75 Å². The van der Waals surface area contributed by atoms with Gasteiger partial charge in [-0.25, -0.2) is 0 Å². The number of nitrogens with zero attached hydrogens (tertiary/aromatic N) is 1. The molecule has 0 saturated heterocycles. The van der Waals surface area contributed by atoms with Crippen LogP contribution in [0.15, 0.2) is 18.2 Å². The summed E-state index contributed by atoms with van der Waals surface area (Å²) in [4.78, 5) is 24.7. The molecule has 0 aliphatic carbocycles. The van der Waals surface area contributed by atoms with Crippen molar-refractivity contribution < 1.29 is 19.4 Å². The molecule has 6 nitrogen and oxygen atoms in total. The van der Waals surface area contributed by atoms with E-state index in [0.717, 1.165) is 5.56 Å². The van der Waals surface area contributed by atoms with Crippen molar-refractivity contribution >= 4 is 11.8 Å². The lowest BCUT2D eigenvalue weighted by Crippen LogP contribution is -2.49. The summed E-state index contributed by atoms with van der Waals surface area (Å²) in [6.07, 6.45) is -1.15. The predicted octanol–water partition coefficient (Wildman–Crippen LogP) is 0.869. The van der Waals surface area contributed by atoms with Gasteiger partial charge in [-0.2, -0.15) is 0 Å². The van der Waals surface area contributed by atoms with Gasteiger partial charge in [-0.05, 0) is 18.1 Å². The molecule has 1 aromatic carbocycles. The molecule has 6 heteroatoms. The quantitative estimate of drug-likeness (QED) is 0.846. The highest BCUT2D eigenvalue weighted by Crippen LogP contribution is 2.30. The van der Waals surface area contributed by atoms with Gasteiger partial charge in [-0.3, -0.25) is 9.59 Å². The third kappa shape index (κ3) is 3.00. The molecule has 1 aromatic rings. The second-order valence-electron chi connectivity index (χ2n) is 5.58. The van der Waals surface area contributed by atoms with Gasteiger partial charge in [0.2, 0.25) is 18.1 Å². The van der Waals surface area contributed by atoms with Crippen LogP contribution in [0.2, 0.25) is 0 Å². The highest BCUT2D eigenvalue weighted by Gasteiger charge is 2.35. The van der Waals surface area contributed by atoms with Crippen molar-refractivity contribution in [3.63, 3.8) is 0 Å². The van der Waals surface area contributed by atoms with E-state index >= 15 is 0 Å². The molecule has 2 rings (SSSR count). The number of aliphatic hydroxyl groups excluding tert-OH is 1. The summed E-state index contributed by atoms with van der Waals surface area (Å²) in [5.41, 5.74) is 6.29. The summed E-state index contributed by atoms with van der Waals surface area (Å²) in [6.45, 7) is 5.62. The van der Waals surface area contributed by atoms with Crippen LogP contribution in [0.4, 0.5) is 0 Å². The summed E-state index contributed by atoms with van der Waals surface area (Å²) in [7, 11) is 0. The van der Waals surface area contributed by atoms with Gasteiger partial charge in [0, 0.05) is 24.6 Å². The van der Waals surface area contributed by atoms with Gasteiger partial charge in [-0.1, -0.05) is 19.9 Å². The zero-order valence-corrected chi connectivity index (χ0v) is 12.4. The largest absolute Gasteiger partial charge is 0.463 e. The Morgan fingerprint density at radius 1 is 1.43 bits per heavy atom. The molecule has 0 saturated carbocycles. The fourth-order valence-electron chi connectivity index (χ4n) is 2.60. The van der Waals surface area contributed by atoms with Gasteiger partial charge in [-0.15, -0.1) is 0 Å². The van der Waals surface area contributed by atoms with E-state index in [1.54, 1.807) is 17.0 Å². The van der Waals surface area contributed by atoms with E-state index in [0.29, 0.717) is 17.9 Å². The molecule has 3 N–H and O–H groups in total. The minimum Gasteiger partial charge on any atom is -0.463 e. The maximum atomic E-state index is 11.9. The molecule has 2 atom stereocenters. The van der Waals surface area contributed by atoms with E-state index < -0.39 is 18.2 Å². The smallest absolute Gasteiger partial charge is 0.248 e. The number of primary amides is 1. The topological polar surface area (TPSA) is 92.9 Å². The zero-order chi connectivity index (χ0) is 15.7. The average Bonchev–Trinajstić information content (AvgIpc) is 2.53. The van der Waals surface area contributed by atoms with Crippen LogP contribution in [0.5, 0.6) is 5.75 Å². The van der Waals surface area contributed by atoms with Gasteiger partial charge < -0.3 is 20.5 Å². The van der Waals surface area contributed by atoms with E-state index in [-0.39, 0.29) is 11.8 Å². The maximum Gasteiger partial charge on any atom is 0.248 e. The van der Waals surface area contributed by atoms with Gasteiger partial charge in [0.25, 0.3) is 0 Å². The minimum absolute atomic E-state index is 0.0221. The van der Waals surface area contributed by atoms with Crippen LogP contribution in [-0.2, 0) is 11.3 Å². The molecular weight excluding hydrogens is 272 g/mol. The first-order chi connectivity index (χ1) is 9.81. The van der Waals surface area contributed by atoms with E-state index in [4.69, 9.17) is 10.5 Å². The fraction of sp³-hybridized carbons (Fsp3) is 0.467. The Hall–Kier alpha value is -2.08. The Morgan fingerprint density at radius 2 is 2.10 bits per heavy atom. The Morgan fingerprint density at radius 3 is 2.62 bits per heavy atom. The lowest BCUT2D eigenvalue weighted by Gasteiger charge is -2.33. The van der Waals surface area contributed by atoms with Gasteiger partial charge in [0.05, 0.1) is 6.04 Å². The maximum absolute atomic E-state index is 11.9. The SMILES string of the molecule is CC(=O)N1Cc2ccc(C(N)=O)cc2O[C@@H](O)[C@H]1C(C)C. The first-order valence-electron chi connectivity index (χ1n) is 6.86. The third-order valence-corrected chi connectivity index (χ3v) is 3.68. The number of nitrogens with two attached hydrogens (primary N) is 1. The number of amides is 2. The molecule has 1 heterocycles. The van der Waals surface area contributed by atoms with E-state index in [2.05, 4.69) is 0 Å². The van der Waals surface area contributed by atoms with Crippen LogP contribution >= 0.6 is 0 Å². The van der Waals surface area contributed by atoms with Crippen molar-refractivity contribution in [1.82, 2.24) is 4.90 Å². The number of aliphatic hydroxyl groups is 1. The number of hydrogen-bond donors (Lipinski definition) is 2. The average molecular weight is 292 g/mol. The summed E-state index contributed by atoms with van der Waals surface area (Å²) in [6, 6.07) is 4.33. The number of carbonyl (C=O) groups is 2. The number of carbonyl (C=O) groups excluding carboxylic acids is 2. The normalized spacial score (nSPS) is 21.5. The predicted molar refractivity (Wildman–Crippen MR) is 76.4 cm³/mol. The van der Waals surface area contributed by atoms with Crippen LogP contribution in [-0.4, -0.2) is 34.2 Å². The van der Waals surface area contributed by atoms with Crippen LogP contribution in [0.25, 0.3) is 0 Å². The molecule has 1 aliphatic heterocycles. The second-order valence-corrected chi connectivity index (χ2v) is 5.58. The third-order valence-electron chi connectivity index (χ3n) is 3.68. The van der Waals surface area contributed by atoms with Crippen molar-refractivity contribution in [2.75, 3.05) is 0 Å². The van der Waals surface area contributed by atoms with Gasteiger partial charge in [0.15, 0.2) is 0 Å². The molecule has 2 amide bonds. The van der Waals surface area contributed by atoms with E-state index in [9.17, 15) is 14.7 Å². The minimum atomic E-state index is -1.15. The molecule has 0 radical (unpaired) electrons. The molecule has 114 valence electrons. The number of ether oxygens (including phenoxy) is 1. The zero-order valence-electron chi connectivity index (χ0n) is 12.4. The Kier molecular flexibility index (Phi) is 4.18. The van der Waals surface area contributed by atoms with Gasteiger partial charge in [0.1, 0.15) is 5.75 Å². The lowest BCUT2D eigenvalue weighted by atomic mass is 10.0. The Balaban J connectivity index is 2.45. The van der Waals surface area contributed by atoms with E-state index in [1.807, 2.05) is 13.8 Å². The highest BCUT2D eigenvalue weighted by molar-refractivity contribution is 5.93. The molecule has 1 aliphatic rings. The first kappa shape index (κ1) is 15.3.